The van der Waals surface area contributed by atoms with Gasteiger partial charge in [-0.25, -0.2) is 0 Å². The second-order valence-corrected chi connectivity index (χ2v) is 7.31. The van der Waals surface area contributed by atoms with Crippen molar-refractivity contribution >= 4 is 5.91 Å². The van der Waals surface area contributed by atoms with E-state index in [1.807, 2.05) is 30.3 Å². The number of nitrogens with zero attached hydrogens (tertiary/aromatic N) is 3. The SMILES string of the molecule is O=C(NCC1CCCO1)C1CCN(Cc2nc(-c3ccccc3)no2)CC1. The number of likely N-dealkylation sites (tertiary alicyclic amines) is 1. The van der Waals surface area contributed by atoms with Crippen molar-refractivity contribution in [1.29, 1.82) is 0 Å². The molecule has 0 aliphatic carbocycles. The van der Waals surface area contributed by atoms with Gasteiger partial charge in [0.15, 0.2) is 0 Å². The standard InChI is InChI=1S/C20H26N4O3/c25-20(21-13-17-7-4-12-26-17)16-8-10-24(11-9-16)14-18-22-19(23-27-18)15-5-2-1-3-6-15/h1-3,5-6,16-17H,4,7-14H2,(H,21,25). The third-order valence-corrected chi connectivity index (χ3v) is 5.35. The van der Waals surface area contributed by atoms with Crippen molar-refractivity contribution in [2.24, 2.45) is 5.92 Å². The number of aromatic nitrogens is 2. The summed E-state index contributed by atoms with van der Waals surface area (Å²) in [5, 5.41) is 7.13. The van der Waals surface area contributed by atoms with Crippen LogP contribution in [0.25, 0.3) is 11.4 Å². The lowest BCUT2D eigenvalue weighted by Crippen LogP contribution is -2.42. The summed E-state index contributed by atoms with van der Waals surface area (Å²) in [5.74, 6) is 1.49. The van der Waals surface area contributed by atoms with Gasteiger partial charge in [-0.15, -0.1) is 0 Å². The van der Waals surface area contributed by atoms with E-state index in [0.717, 1.165) is 50.9 Å². The van der Waals surface area contributed by atoms with Crippen LogP contribution in [0.3, 0.4) is 0 Å². The highest BCUT2D eigenvalue weighted by atomic mass is 16.5. The summed E-state index contributed by atoms with van der Waals surface area (Å²) in [6.07, 6.45) is 4.06. The molecule has 1 aromatic heterocycles. The fourth-order valence-electron chi connectivity index (χ4n) is 3.73. The van der Waals surface area contributed by atoms with Gasteiger partial charge in [-0.1, -0.05) is 35.5 Å². The van der Waals surface area contributed by atoms with Crippen LogP contribution in [-0.4, -0.2) is 53.3 Å². The van der Waals surface area contributed by atoms with Gasteiger partial charge in [0.1, 0.15) is 0 Å². The molecule has 2 fully saturated rings. The number of hydrogen-bond donors (Lipinski definition) is 1. The van der Waals surface area contributed by atoms with Gasteiger partial charge in [-0.3, -0.25) is 9.69 Å². The minimum Gasteiger partial charge on any atom is -0.376 e. The zero-order valence-electron chi connectivity index (χ0n) is 15.5. The van der Waals surface area contributed by atoms with Gasteiger partial charge in [0, 0.05) is 24.6 Å². The Balaban J connectivity index is 1.22. The topological polar surface area (TPSA) is 80.5 Å². The van der Waals surface area contributed by atoms with Crippen molar-refractivity contribution in [3.8, 4) is 11.4 Å². The molecule has 27 heavy (non-hydrogen) atoms. The largest absolute Gasteiger partial charge is 0.376 e. The fraction of sp³-hybridized carbons (Fsp3) is 0.550. The minimum atomic E-state index is 0.0882. The monoisotopic (exact) mass is 370 g/mol. The molecule has 0 spiro atoms. The van der Waals surface area contributed by atoms with Gasteiger partial charge < -0.3 is 14.6 Å². The molecule has 1 atom stereocenters. The maximum atomic E-state index is 12.4. The van der Waals surface area contributed by atoms with E-state index in [2.05, 4.69) is 20.4 Å². The van der Waals surface area contributed by atoms with Crippen molar-refractivity contribution < 1.29 is 14.1 Å². The van der Waals surface area contributed by atoms with Gasteiger partial charge in [0.05, 0.1) is 12.6 Å². The van der Waals surface area contributed by atoms with E-state index < -0.39 is 0 Å². The van der Waals surface area contributed by atoms with Crippen LogP contribution in [0.1, 0.15) is 31.6 Å². The lowest BCUT2D eigenvalue weighted by atomic mass is 9.96. The predicted octanol–water partition coefficient (Wildman–Crippen LogP) is 2.24. The molecule has 2 aliphatic heterocycles. The maximum absolute atomic E-state index is 12.4. The minimum absolute atomic E-state index is 0.0882. The van der Waals surface area contributed by atoms with Crippen LogP contribution in [0.15, 0.2) is 34.9 Å². The third-order valence-electron chi connectivity index (χ3n) is 5.35. The smallest absolute Gasteiger partial charge is 0.241 e. The highest BCUT2D eigenvalue weighted by molar-refractivity contribution is 5.78. The molecule has 1 amide bonds. The van der Waals surface area contributed by atoms with Gasteiger partial charge in [0.2, 0.25) is 17.6 Å². The Morgan fingerprint density at radius 1 is 1.19 bits per heavy atom. The van der Waals surface area contributed by atoms with Crippen molar-refractivity contribution in [2.45, 2.75) is 38.3 Å². The first-order valence-electron chi connectivity index (χ1n) is 9.77. The first-order valence-corrected chi connectivity index (χ1v) is 9.77. The van der Waals surface area contributed by atoms with Gasteiger partial charge in [-0.2, -0.15) is 4.98 Å². The number of hydrogen-bond acceptors (Lipinski definition) is 6. The Hall–Kier alpha value is -2.25. The Labute approximate surface area is 159 Å². The average molecular weight is 370 g/mol. The van der Waals surface area contributed by atoms with E-state index in [1.54, 1.807) is 0 Å². The van der Waals surface area contributed by atoms with E-state index in [4.69, 9.17) is 9.26 Å². The maximum Gasteiger partial charge on any atom is 0.241 e. The number of nitrogens with one attached hydrogen (secondary N) is 1. The average Bonchev–Trinajstić information content (AvgIpc) is 3.39. The predicted molar refractivity (Wildman–Crippen MR) is 99.7 cm³/mol. The molecule has 144 valence electrons. The fourth-order valence-corrected chi connectivity index (χ4v) is 3.73. The van der Waals surface area contributed by atoms with Crippen molar-refractivity contribution in [2.75, 3.05) is 26.2 Å². The molecule has 2 saturated heterocycles. The molecule has 0 bridgehead atoms. The molecule has 2 aliphatic rings. The van der Waals surface area contributed by atoms with Gasteiger partial charge in [-0.05, 0) is 38.8 Å². The molecular weight excluding hydrogens is 344 g/mol. The number of carbonyl (C=O) groups excluding carboxylic acids is 1. The quantitative estimate of drug-likeness (QED) is 0.840. The number of ether oxygens (including phenoxy) is 1. The van der Waals surface area contributed by atoms with E-state index >= 15 is 0 Å². The zero-order valence-corrected chi connectivity index (χ0v) is 15.5. The molecule has 1 N–H and O–H groups in total. The van der Waals surface area contributed by atoms with Crippen LogP contribution in [0, 0.1) is 5.92 Å². The van der Waals surface area contributed by atoms with Gasteiger partial charge in [0.25, 0.3) is 0 Å². The zero-order chi connectivity index (χ0) is 18.5. The number of rotatable bonds is 6. The van der Waals surface area contributed by atoms with Crippen LogP contribution >= 0.6 is 0 Å². The molecule has 2 aromatic rings. The second-order valence-electron chi connectivity index (χ2n) is 7.31. The summed E-state index contributed by atoms with van der Waals surface area (Å²) in [6.45, 7) is 3.82. The molecular formula is C20H26N4O3. The molecule has 4 rings (SSSR count). The van der Waals surface area contributed by atoms with Crippen LogP contribution in [0.5, 0.6) is 0 Å². The lowest BCUT2D eigenvalue weighted by Gasteiger charge is -2.30. The number of amides is 1. The third kappa shape index (κ3) is 4.73. The molecule has 1 aromatic carbocycles. The van der Waals surface area contributed by atoms with Crippen molar-refractivity contribution in [1.82, 2.24) is 20.4 Å². The van der Waals surface area contributed by atoms with Crippen LogP contribution in [0.2, 0.25) is 0 Å². The summed E-state index contributed by atoms with van der Waals surface area (Å²) in [4.78, 5) is 19.1. The van der Waals surface area contributed by atoms with Crippen LogP contribution in [-0.2, 0) is 16.1 Å². The summed E-state index contributed by atoms with van der Waals surface area (Å²) in [5.41, 5.74) is 0.953. The summed E-state index contributed by atoms with van der Waals surface area (Å²) >= 11 is 0. The summed E-state index contributed by atoms with van der Waals surface area (Å²) in [7, 11) is 0. The van der Waals surface area contributed by atoms with E-state index in [1.165, 1.54) is 0 Å². The van der Waals surface area contributed by atoms with Crippen LogP contribution < -0.4 is 5.32 Å². The Morgan fingerprint density at radius 3 is 2.74 bits per heavy atom. The van der Waals surface area contributed by atoms with Gasteiger partial charge >= 0.3 is 0 Å². The van der Waals surface area contributed by atoms with E-state index in [-0.39, 0.29) is 17.9 Å². The molecule has 7 nitrogen and oxygen atoms in total. The van der Waals surface area contributed by atoms with Crippen LogP contribution in [0.4, 0.5) is 0 Å². The molecule has 3 heterocycles. The molecule has 7 heteroatoms. The normalized spacial score (nSPS) is 21.4. The first kappa shape index (κ1) is 18.1. The number of piperidine rings is 1. The molecule has 1 unspecified atom stereocenters. The Bertz CT molecular complexity index is 735. The summed E-state index contributed by atoms with van der Waals surface area (Å²) < 4.78 is 11.0. The first-order chi connectivity index (χ1) is 13.3. The lowest BCUT2D eigenvalue weighted by molar-refractivity contribution is -0.127. The highest BCUT2D eigenvalue weighted by Crippen LogP contribution is 2.21. The summed E-state index contributed by atoms with van der Waals surface area (Å²) in [6, 6.07) is 9.82. The van der Waals surface area contributed by atoms with E-state index in [9.17, 15) is 4.79 Å². The number of carbonyl (C=O) groups is 1. The Morgan fingerprint density at radius 2 is 2.00 bits per heavy atom. The number of benzene rings is 1. The van der Waals surface area contributed by atoms with E-state index in [0.29, 0.717) is 24.8 Å². The molecule has 0 saturated carbocycles. The van der Waals surface area contributed by atoms with Crippen molar-refractivity contribution in [3.63, 3.8) is 0 Å². The Kier molecular flexibility index (Phi) is 5.79. The second kappa shape index (κ2) is 8.63. The highest BCUT2D eigenvalue weighted by Gasteiger charge is 2.27. The molecule has 0 radical (unpaired) electrons. The van der Waals surface area contributed by atoms with Crippen molar-refractivity contribution in [3.05, 3.63) is 36.2 Å².